The van der Waals surface area contributed by atoms with Crippen molar-refractivity contribution in [2.75, 3.05) is 0 Å². The molecule has 0 N–H and O–H groups in total. The van der Waals surface area contributed by atoms with Gasteiger partial charge in [-0.15, -0.1) is 0 Å². The molecule has 0 radical (unpaired) electrons. The summed E-state index contributed by atoms with van der Waals surface area (Å²) in [6.07, 6.45) is 7.48. The molecule has 3 rings (SSSR count). The lowest BCUT2D eigenvalue weighted by Crippen LogP contribution is -2.14. The molecule has 3 heteroatoms. The third kappa shape index (κ3) is 21.2. The monoisotopic (exact) mass is 586 g/mol. The lowest BCUT2D eigenvalue weighted by atomic mass is 9.86. The molecule has 0 bridgehead atoms. The van der Waals surface area contributed by atoms with E-state index < -0.39 is 0 Å². The molecular formula is C39H75N3. The van der Waals surface area contributed by atoms with Gasteiger partial charge in [0.25, 0.3) is 0 Å². The fraction of sp³-hybridized carbons (Fsp3) is 0.615. The highest BCUT2D eigenvalue weighted by Crippen LogP contribution is 2.24. The summed E-state index contributed by atoms with van der Waals surface area (Å²) in [6.45, 7) is 38.1. The fourth-order valence-electron chi connectivity index (χ4n) is 3.80. The van der Waals surface area contributed by atoms with Crippen LogP contribution in [0.3, 0.4) is 0 Å². The first kappa shape index (κ1) is 52.1. The van der Waals surface area contributed by atoms with Gasteiger partial charge >= 0.3 is 0 Å². The normalized spacial score (nSPS) is 9.57. The molecule has 0 aliphatic heterocycles. The Hall–Kier alpha value is -2.55. The van der Waals surface area contributed by atoms with Crippen molar-refractivity contribution in [2.45, 2.75) is 163 Å². The van der Waals surface area contributed by atoms with E-state index in [1.54, 1.807) is 0 Å². The number of nitrogens with zero attached hydrogens (tertiary/aromatic N) is 3. The summed E-state index contributed by atoms with van der Waals surface area (Å²) in [7, 11) is 0. The average molecular weight is 586 g/mol. The maximum atomic E-state index is 4.35. The van der Waals surface area contributed by atoms with Crippen LogP contribution in [-0.4, -0.2) is 15.0 Å². The van der Waals surface area contributed by atoms with Crippen LogP contribution >= 0.6 is 0 Å². The molecule has 0 unspecified atom stereocenters. The van der Waals surface area contributed by atoms with E-state index in [-0.39, 0.29) is 38.5 Å². The van der Waals surface area contributed by atoms with Gasteiger partial charge in [0, 0.05) is 41.6 Å². The van der Waals surface area contributed by atoms with Gasteiger partial charge in [-0.1, -0.05) is 138 Å². The molecule has 0 aliphatic carbocycles. The largest absolute Gasteiger partial charge is 0.264 e. The summed E-state index contributed by atoms with van der Waals surface area (Å²) in [5.74, 6) is 0. The maximum absolute atomic E-state index is 4.35. The van der Waals surface area contributed by atoms with Gasteiger partial charge in [-0.25, -0.2) is 0 Å². The minimum atomic E-state index is 0. The summed E-state index contributed by atoms with van der Waals surface area (Å²) in [6, 6.07) is 10.3. The number of hydrogen-bond acceptors (Lipinski definition) is 3. The van der Waals surface area contributed by atoms with Crippen molar-refractivity contribution < 1.29 is 0 Å². The first-order valence-corrected chi connectivity index (χ1v) is 14.8. The zero-order valence-corrected chi connectivity index (χ0v) is 29.0. The second-order valence-electron chi connectivity index (χ2n) is 11.7. The number of aryl methyl sites for hydroxylation is 3. The van der Waals surface area contributed by atoms with Crippen LogP contribution in [0.1, 0.15) is 160 Å². The Labute approximate surface area is 266 Å². The van der Waals surface area contributed by atoms with E-state index in [0.717, 1.165) is 5.69 Å². The first-order valence-electron chi connectivity index (χ1n) is 14.8. The van der Waals surface area contributed by atoms with Crippen molar-refractivity contribution in [3.8, 4) is 0 Å². The maximum Gasteiger partial charge on any atom is 0.0486 e. The fourth-order valence-corrected chi connectivity index (χ4v) is 3.80. The highest BCUT2D eigenvalue weighted by atomic mass is 14.7. The summed E-state index contributed by atoms with van der Waals surface area (Å²) in [4.78, 5) is 12.7. The van der Waals surface area contributed by atoms with Gasteiger partial charge in [-0.2, -0.15) is 0 Å². The third-order valence-electron chi connectivity index (χ3n) is 5.38. The summed E-state index contributed by atoms with van der Waals surface area (Å²) < 4.78 is 0. The SMILES string of the molecule is C.C.C.CC.CC.CC.Cc1cccnc1C(C)(C)C.Cc1ccncc1C(C)(C)C.Cc1ncccc1C(C)(C)C. The Morgan fingerprint density at radius 1 is 0.476 bits per heavy atom. The van der Waals surface area contributed by atoms with Crippen LogP contribution in [-0.2, 0) is 16.2 Å². The second-order valence-corrected chi connectivity index (χ2v) is 11.7. The van der Waals surface area contributed by atoms with Crippen molar-refractivity contribution in [2.24, 2.45) is 0 Å². The Bertz CT molecular complexity index is 869. The van der Waals surface area contributed by atoms with Crippen LogP contribution in [0.2, 0.25) is 0 Å². The van der Waals surface area contributed by atoms with Crippen LogP contribution in [0.5, 0.6) is 0 Å². The Balaban J connectivity index is -0.000000103. The van der Waals surface area contributed by atoms with Crippen molar-refractivity contribution in [1.29, 1.82) is 0 Å². The molecule has 3 heterocycles. The molecule has 42 heavy (non-hydrogen) atoms. The summed E-state index contributed by atoms with van der Waals surface area (Å²) in [5.41, 5.74) is 8.22. The Morgan fingerprint density at radius 3 is 1.19 bits per heavy atom. The van der Waals surface area contributed by atoms with E-state index in [9.17, 15) is 0 Å². The highest BCUT2D eigenvalue weighted by Gasteiger charge is 2.17. The molecule has 0 aliphatic rings. The topological polar surface area (TPSA) is 38.7 Å². The molecule has 246 valence electrons. The van der Waals surface area contributed by atoms with Crippen LogP contribution in [0.15, 0.2) is 55.1 Å². The lowest BCUT2D eigenvalue weighted by Gasteiger charge is -2.20. The van der Waals surface area contributed by atoms with Crippen LogP contribution < -0.4 is 0 Å². The van der Waals surface area contributed by atoms with Gasteiger partial charge < -0.3 is 0 Å². The minimum Gasteiger partial charge on any atom is -0.264 e. The average Bonchev–Trinajstić information content (AvgIpc) is 2.87. The smallest absolute Gasteiger partial charge is 0.0486 e. The molecule has 3 aromatic rings. The minimum absolute atomic E-state index is 0. The predicted molar refractivity (Wildman–Crippen MR) is 197 cm³/mol. The summed E-state index contributed by atoms with van der Waals surface area (Å²) in [5, 5.41) is 0. The summed E-state index contributed by atoms with van der Waals surface area (Å²) >= 11 is 0. The van der Waals surface area contributed by atoms with E-state index in [1.807, 2.05) is 78.5 Å². The number of rotatable bonds is 0. The molecule has 0 amide bonds. The standard InChI is InChI=1S/3C10H15N.3C2H6.3CH4/c1-8-5-6-11-7-9(8)10(2,3)4;1-8-9(10(2,3)4)6-5-7-11-8;1-8-6-5-7-11-9(8)10(2,3)4;3*1-2;;;/h3*5-7H,1-4H3;3*1-2H3;3*1H4. The van der Waals surface area contributed by atoms with Gasteiger partial charge in [0.2, 0.25) is 0 Å². The van der Waals surface area contributed by atoms with Gasteiger partial charge in [-0.3, -0.25) is 15.0 Å². The molecule has 0 saturated heterocycles. The van der Waals surface area contributed by atoms with E-state index >= 15 is 0 Å². The van der Waals surface area contributed by atoms with E-state index in [0.29, 0.717) is 0 Å². The van der Waals surface area contributed by atoms with Crippen molar-refractivity contribution in [3.05, 3.63) is 88.8 Å². The number of hydrogen-bond donors (Lipinski definition) is 0. The third-order valence-corrected chi connectivity index (χ3v) is 5.38. The predicted octanol–water partition coefficient (Wildman–Crippen LogP) is 13.0. The highest BCUT2D eigenvalue weighted by molar-refractivity contribution is 5.28. The first-order chi connectivity index (χ1) is 18.0. The molecule has 0 spiro atoms. The van der Waals surface area contributed by atoms with Crippen LogP contribution in [0, 0.1) is 20.8 Å². The van der Waals surface area contributed by atoms with Gasteiger partial charge in [0.1, 0.15) is 0 Å². The lowest BCUT2D eigenvalue weighted by molar-refractivity contribution is 0.564. The van der Waals surface area contributed by atoms with Gasteiger partial charge in [0.05, 0.1) is 0 Å². The molecule has 3 aromatic heterocycles. The zero-order chi connectivity index (χ0) is 31.4. The van der Waals surface area contributed by atoms with Crippen LogP contribution in [0.4, 0.5) is 0 Å². The quantitative estimate of drug-likeness (QED) is 0.263. The molecule has 0 saturated carbocycles. The van der Waals surface area contributed by atoms with Crippen molar-refractivity contribution in [3.63, 3.8) is 0 Å². The number of aromatic nitrogens is 3. The van der Waals surface area contributed by atoms with E-state index in [1.165, 1.54) is 27.9 Å². The van der Waals surface area contributed by atoms with E-state index in [4.69, 9.17) is 0 Å². The zero-order valence-electron chi connectivity index (χ0n) is 29.0. The Morgan fingerprint density at radius 2 is 0.905 bits per heavy atom. The molecule has 0 aromatic carbocycles. The molecule has 0 fully saturated rings. The second kappa shape index (κ2) is 26.1. The molecular weight excluding hydrogens is 510 g/mol. The number of pyridine rings is 3. The van der Waals surface area contributed by atoms with Gasteiger partial charge in [-0.05, 0) is 72.1 Å². The van der Waals surface area contributed by atoms with Crippen LogP contribution in [0.25, 0.3) is 0 Å². The Kier molecular flexibility index (Phi) is 32.4. The van der Waals surface area contributed by atoms with E-state index in [2.05, 4.69) is 116 Å². The molecule has 0 atom stereocenters. The van der Waals surface area contributed by atoms with Crippen molar-refractivity contribution >= 4 is 0 Å². The molecule has 3 nitrogen and oxygen atoms in total. The van der Waals surface area contributed by atoms with Crippen molar-refractivity contribution in [1.82, 2.24) is 15.0 Å². The van der Waals surface area contributed by atoms with Gasteiger partial charge in [0.15, 0.2) is 0 Å².